The first-order valence-electron chi connectivity index (χ1n) is 7.92. The van der Waals surface area contributed by atoms with Crippen LogP contribution in [-0.4, -0.2) is 28.1 Å². The Balaban J connectivity index is 1.67. The van der Waals surface area contributed by atoms with E-state index in [9.17, 15) is 9.59 Å². The smallest absolute Gasteiger partial charge is 0.351 e. The van der Waals surface area contributed by atoms with Gasteiger partial charge in [-0.1, -0.05) is 35.5 Å². The normalized spacial score (nSPS) is 11.8. The highest BCUT2D eigenvalue weighted by Gasteiger charge is 2.23. The number of thiazole rings is 1. The predicted octanol–water partition coefficient (Wildman–Crippen LogP) is 3.60. The van der Waals surface area contributed by atoms with Crippen LogP contribution in [0.25, 0.3) is 10.6 Å². The van der Waals surface area contributed by atoms with Crippen molar-refractivity contribution in [2.75, 3.05) is 5.32 Å². The second-order valence-corrected chi connectivity index (χ2v) is 6.66. The number of carbonyl (C=O) groups is 2. The minimum absolute atomic E-state index is 0.274. The largest absolute Gasteiger partial charge is 0.448 e. The predicted molar refractivity (Wildman–Crippen MR) is 97.0 cm³/mol. The maximum absolute atomic E-state index is 12.4. The summed E-state index contributed by atoms with van der Waals surface area (Å²) in [6.45, 7) is 4.94. The highest BCUT2D eigenvalue weighted by Crippen LogP contribution is 2.28. The fraction of sp³-hybridized carbons (Fsp3) is 0.222. The maximum atomic E-state index is 12.4. The number of aromatic nitrogens is 2. The molecular weight excluding hydrogens is 354 g/mol. The molecule has 1 atom stereocenters. The maximum Gasteiger partial charge on any atom is 0.351 e. The Kier molecular flexibility index (Phi) is 5.13. The molecule has 0 saturated carbocycles. The van der Waals surface area contributed by atoms with Crippen molar-refractivity contribution in [3.8, 4) is 10.6 Å². The van der Waals surface area contributed by atoms with Crippen molar-refractivity contribution >= 4 is 29.0 Å². The number of benzene rings is 1. The minimum Gasteiger partial charge on any atom is -0.448 e. The zero-order valence-electron chi connectivity index (χ0n) is 14.5. The lowest BCUT2D eigenvalue weighted by Gasteiger charge is -2.11. The summed E-state index contributed by atoms with van der Waals surface area (Å²) in [4.78, 5) is 29.3. The van der Waals surface area contributed by atoms with E-state index in [1.165, 1.54) is 18.3 Å². The number of aryl methyl sites for hydroxylation is 2. The summed E-state index contributed by atoms with van der Waals surface area (Å²) < 4.78 is 10.1. The number of amides is 1. The Morgan fingerprint density at radius 2 is 1.96 bits per heavy atom. The van der Waals surface area contributed by atoms with Gasteiger partial charge in [0.25, 0.3) is 5.91 Å². The number of nitrogens with zero attached hydrogens (tertiary/aromatic N) is 2. The van der Waals surface area contributed by atoms with Crippen LogP contribution in [0.5, 0.6) is 0 Å². The lowest BCUT2D eigenvalue weighted by molar-refractivity contribution is -0.123. The van der Waals surface area contributed by atoms with Gasteiger partial charge in [-0.05, 0) is 20.8 Å². The SMILES string of the molecule is Cc1cc(NC(=O)C(C)OC(=O)c2sc(-c3ccccc3)nc2C)no1. The van der Waals surface area contributed by atoms with Crippen molar-refractivity contribution in [2.24, 2.45) is 0 Å². The van der Waals surface area contributed by atoms with E-state index in [2.05, 4.69) is 15.5 Å². The first-order valence-corrected chi connectivity index (χ1v) is 8.73. The molecule has 0 radical (unpaired) electrons. The van der Waals surface area contributed by atoms with Gasteiger partial charge in [0.1, 0.15) is 15.6 Å². The molecule has 2 heterocycles. The standard InChI is InChI=1S/C18H17N3O4S/c1-10-9-14(21-25-10)20-16(22)12(3)24-18(23)15-11(2)19-17(26-15)13-7-5-4-6-8-13/h4-9,12H,1-3H3,(H,20,21,22). The van der Waals surface area contributed by atoms with Crippen LogP contribution in [0, 0.1) is 13.8 Å². The van der Waals surface area contributed by atoms with Gasteiger partial charge in [-0.25, -0.2) is 9.78 Å². The zero-order chi connectivity index (χ0) is 18.7. The minimum atomic E-state index is -0.985. The third-order valence-electron chi connectivity index (χ3n) is 3.54. The Bertz CT molecular complexity index is 933. The molecule has 1 aromatic carbocycles. The van der Waals surface area contributed by atoms with Crippen molar-refractivity contribution in [2.45, 2.75) is 26.9 Å². The van der Waals surface area contributed by atoms with Crippen LogP contribution in [0.1, 0.15) is 28.0 Å². The molecule has 1 unspecified atom stereocenters. The summed E-state index contributed by atoms with van der Waals surface area (Å²) in [5.41, 5.74) is 1.49. The van der Waals surface area contributed by atoms with Crippen LogP contribution in [0.15, 0.2) is 40.9 Å². The van der Waals surface area contributed by atoms with E-state index in [-0.39, 0.29) is 5.82 Å². The van der Waals surface area contributed by atoms with Crippen LogP contribution in [0.2, 0.25) is 0 Å². The first kappa shape index (κ1) is 17.8. The van der Waals surface area contributed by atoms with E-state index in [1.807, 2.05) is 30.3 Å². The van der Waals surface area contributed by atoms with Gasteiger partial charge >= 0.3 is 5.97 Å². The highest BCUT2D eigenvalue weighted by atomic mass is 32.1. The zero-order valence-corrected chi connectivity index (χ0v) is 15.3. The van der Waals surface area contributed by atoms with Crippen molar-refractivity contribution < 1.29 is 18.8 Å². The quantitative estimate of drug-likeness (QED) is 0.689. The second-order valence-electron chi connectivity index (χ2n) is 5.66. The van der Waals surface area contributed by atoms with Crippen molar-refractivity contribution in [3.05, 3.63) is 52.7 Å². The average molecular weight is 371 g/mol. The first-order chi connectivity index (χ1) is 12.4. The monoisotopic (exact) mass is 371 g/mol. The summed E-state index contributed by atoms with van der Waals surface area (Å²) >= 11 is 1.24. The van der Waals surface area contributed by atoms with E-state index in [1.54, 1.807) is 19.9 Å². The Morgan fingerprint density at radius 1 is 1.23 bits per heavy atom. The Labute approximate surface area is 154 Å². The lowest BCUT2D eigenvalue weighted by atomic mass is 10.2. The van der Waals surface area contributed by atoms with Crippen molar-refractivity contribution in [1.82, 2.24) is 10.1 Å². The number of hydrogen-bond donors (Lipinski definition) is 1. The lowest BCUT2D eigenvalue weighted by Crippen LogP contribution is -2.30. The number of hydrogen-bond acceptors (Lipinski definition) is 7. The second kappa shape index (κ2) is 7.49. The van der Waals surface area contributed by atoms with E-state index < -0.39 is 18.0 Å². The van der Waals surface area contributed by atoms with Gasteiger partial charge in [0.15, 0.2) is 11.9 Å². The molecule has 0 saturated heterocycles. The van der Waals surface area contributed by atoms with Gasteiger partial charge in [0, 0.05) is 11.6 Å². The number of anilines is 1. The molecule has 1 N–H and O–H groups in total. The summed E-state index contributed by atoms with van der Waals surface area (Å²) in [5.74, 6) is -0.229. The van der Waals surface area contributed by atoms with Crippen LogP contribution in [-0.2, 0) is 9.53 Å². The van der Waals surface area contributed by atoms with Crippen LogP contribution in [0.3, 0.4) is 0 Å². The highest BCUT2D eigenvalue weighted by molar-refractivity contribution is 7.17. The molecule has 8 heteroatoms. The number of ether oxygens (including phenoxy) is 1. The van der Waals surface area contributed by atoms with Crippen molar-refractivity contribution in [1.29, 1.82) is 0 Å². The van der Waals surface area contributed by atoms with Gasteiger partial charge in [-0.2, -0.15) is 0 Å². The number of nitrogens with one attached hydrogen (secondary N) is 1. The topological polar surface area (TPSA) is 94.3 Å². The van der Waals surface area contributed by atoms with E-state index in [4.69, 9.17) is 9.26 Å². The molecule has 0 bridgehead atoms. The van der Waals surface area contributed by atoms with E-state index in [0.29, 0.717) is 16.3 Å². The van der Waals surface area contributed by atoms with Crippen LogP contribution in [0.4, 0.5) is 5.82 Å². The summed E-state index contributed by atoms with van der Waals surface area (Å²) in [6, 6.07) is 11.1. The molecule has 0 aliphatic carbocycles. The van der Waals surface area contributed by atoms with Gasteiger partial charge in [-0.3, -0.25) is 4.79 Å². The molecule has 3 rings (SSSR count). The molecule has 7 nitrogen and oxygen atoms in total. The van der Waals surface area contributed by atoms with E-state index in [0.717, 1.165) is 10.6 Å². The molecule has 2 aromatic heterocycles. The summed E-state index contributed by atoms with van der Waals surface area (Å²) in [7, 11) is 0. The van der Waals surface area contributed by atoms with Gasteiger partial charge in [0.05, 0.1) is 5.69 Å². The molecule has 1 amide bonds. The van der Waals surface area contributed by atoms with Gasteiger partial charge < -0.3 is 14.6 Å². The molecule has 26 heavy (non-hydrogen) atoms. The van der Waals surface area contributed by atoms with Gasteiger partial charge in [-0.15, -0.1) is 11.3 Å². The Morgan fingerprint density at radius 3 is 2.62 bits per heavy atom. The molecule has 0 fully saturated rings. The third kappa shape index (κ3) is 3.97. The number of rotatable bonds is 5. The molecule has 0 spiro atoms. The fourth-order valence-electron chi connectivity index (χ4n) is 2.21. The van der Waals surface area contributed by atoms with Gasteiger partial charge in [0.2, 0.25) is 0 Å². The number of esters is 1. The molecule has 3 aromatic rings. The molecule has 134 valence electrons. The molecular formula is C18H17N3O4S. The number of carbonyl (C=O) groups excluding carboxylic acids is 2. The third-order valence-corrected chi connectivity index (χ3v) is 4.72. The molecule has 0 aliphatic rings. The Hall–Kier alpha value is -3.00. The average Bonchev–Trinajstić information content (AvgIpc) is 3.21. The van der Waals surface area contributed by atoms with Crippen molar-refractivity contribution in [3.63, 3.8) is 0 Å². The summed E-state index contributed by atoms with van der Waals surface area (Å²) in [6.07, 6.45) is -0.985. The van der Waals surface area contributed by atoms with Crippen LogP contribution >= 0.6 is 11.3 Å². The van der Waals surface area contributed by atoms with Crippen LogP contribution < -0.4 is 5.32 Å². The fourth-order valence-corrected chi connectivity index (χ4v) is 3.17. The molecule has 0 aliphatic heterocycles. The van der Waals surface area contributed by atoms with E-state index >= 15 is 0 Å². The summed E-state index contributed by atoms with van der Waals surface area (Å²) in [5, 5.41) is 6.93.